The second kappa shape index (κ2) is 21.5. The molecule has 0 bridgehead atoms. The molecule has 2 nitrogen and oxygen atoms in total. The second-order valence-corrected chi connectivity index (χ2v) is 18.7. The maximum absolute atomic E-state index is 10.3. The molecule has 0 unspecified atom stereocenters. The molecule has 2 fully saturated rings. The van der Waals surface area contributed by atoms with E-state index in [-0.39, 0.29) is 102 Å². The van der Waals surface area contributed by atoms with Crippen molar-refractivity contribution in [3.8, 4) is 11.5 Å². The van der Waals surface area contributed by atoms with Crippen molar-refractivity contribution in [3.05, 3.63) is 118 Å². The molecule has 2 aromatic carbocycles. The zero-order chi connectivity index (χ0) is 39.5. The summed E-state index contributed by atoms with van der Waals surface area (Å²) in [6, 6.07) is 12.1. The van der Waals surface area contributed by atoms with Crippen LogP contribution in [0.25, 0.3) is 0 Å². The Morgan fingerprint density at radius 2 is 0.404 bits per heavy atom. The molecule has 10 radical (unpaired) electrons. The average molecular weight is 984 g/mol. The van der Waals surface area contributed by atoms with Gasteiger partial charge in [0.05, 0.1) is 0 Å². The van der Waals surface area contributed by atoms with Crippen molar-refractivity contribution in [3.63, 3.8) is 0 Å². The van der Waals surface area contributed by atoms with E-state index in [1.165, 1.54) is 59.2 Å². The third kappa shape index (κ3) is 14.6. The third-order valence-electron chi connectivity index (χ3n) is 10.9. The Morgan fingerprint density at radius 1 is 0.288 bits per heavy atom. The first kappa shape index (κ1) is 54.8. The fraction of sp³-hybridized carbons (Fsp3) is 0.542. The molecule has 0 aromatic heterocycles. The van der Waals surface area contributed by atoms with Crippen LogP contribution >= 0.6 is 0 Å². The average Bonchev–Trinajstić information content (AvgIpc) is 3.25. The van der Waals surface area contributed by atoms with Crippen molar-refractivity contribution in [1.82, 2.24) is 0 Å². The van der Waals surface area contributed by atoms with Crippen molar-refractivity contribution in [2.24, 2.45) is 0 Å². The van der Waals surface area contributed by atoms with Crippen LogP contribution in [0.1, 0.15) is 175 Å². The maximum atomic E-state index is 10.3. The quantitative estimate of drug-likeness (QED) is 0.276. The summed E-state index contributed by atoms with van der Waals surface area (Å²) in [6.45, 7) is 47.4. The van der Waals surface area contributed by atoms with E-state index in [2.05, 4.69) is 152 Å². The van der Waals surface area contributed by atoms with Gasteiger partial charge in [0.1, 0.15) is 11.5 Å². The molecule has 0 amide bonds. The zero-order valence-corrected chi connectivity index (χ0v) is 42.4. The molecule has 2 aliphatic carbocycles. The van der Waals surface area contributed by atoms with Gasteiger partial charge in [-0.15, -0.1) is 0 Å². The monoisotopic (exact) mass is 986 g/mol. The van der Waals surface area contributed by atoms with Crippen LogP contribution in [0.3, 0.4) is 0 Å². The standard InChI is InChI=1S/2C14H22O.2C10H15.2Sm/c2*1-13(2,3)10-8-7-9-11(12(10)15)14(4,5)6;2*1-6-7(2)9(4)10(5)8(6)3;;/h2*7-9,15H,1-6H3;2*1-5H3;;. The molecular formula is C48H74O2Sm2. The zero-order valence-electron chi connectivity index (χ0n) is 37.2. The van der Waals surface area contributed by atoms with Crippen molar-refractivity contribution in [2.75, 3.05) is 0 Å². The smallest absolute Gasteiger partial charge is 0.123 e. The third-order valence-corrected chi connectivity index (χ3v) is 10.9. The fourth-order valence-electron chi connectivity index (χ4n) is 6.32. The minimum absolute atomic E-state index is 0. The summed E-state index contributed by atoms with van der Waals surface area (Å²) >= 11 is 0. The van der Waals surface area contributed by atoms with Crippen molar-refractivity contribution < 1.29 is 91.0 Å². The Morgan fingerprint density at radius 3 is 0.500 bits per heavy atom. The molecule has 4 heteroatoms. The van der Waals surface area contributed by atoms with Crippen LogP contribution < -0.4 is 0 Å². The number of phenols is 2. The predicted octanol–water partition coefficient (Wildman–Crippen LogP) is 13.9. The Balaban J connectivity index is 0. The molecule has 0 spiro atoms. The first-order valence-corrected chi connectivity index (χ1v) is 18.4. The van der Waals surface area contributed by atoms with Crippen molar-refractivity contribution in [1.29, 1.82) is 0 Å². The van der Waals surface area contributed by atoms with Crippen LogP contribution in [-0.4, -0.2) is 10.2 Å². The minimum Gasteiger partial charge on any atom is -0.507 e. The summed E-state index contributed by atoms with van der Waals surface area (Å²) in [4.78, 5) is 0. The van der Waals surface area contributed by atoms with Gasteiger partial charge in [-0.1, -0.05) is 189 Å². The molecule has 4 rings (SSSR count). The molecule has 2 aliphatic rings. The van der Waals surface area contributed by atoms with Gasteiger partial charge in [0.15, 0.2) is 0 Å². The topological polar surface area (TPSA) is 40.5 Å². The SMILES string of the molecule is CC(C)(C)c1cccc(C(C)(C)C)c1O.CC(C)(C)c1cccc(C(C)(C)C)c1O.C[C]1[C](C)[C](C)[C](C)[C]1C.C[C]1[C](C)[C](C)[C](C)[C]1C.[Sm].[Sm]. The number of hydrogen-bond acceptors (Lipinski definition) is 2. The van der Waals surface area contributed by atoms with Gasteiger partial charge in [-0.05, 0) is 103 Å². The van der Waals surface area contributed by atoms with E-state index in [0.717, 1.165) is 22.3 Å². The number of para-hydroxylation sites is 2. The van der Waals surface area contributed by atoms with Gasteiger partial charge in [-0.2, -0.15) is 0 Å². The van der Waals surface area contributed by atoms with Crippen molar-refractivity contribution >= 4 is 0 Å². The molecule has 52 heavy (non-hydrogen) atoms. The van der Waals surface area contributed by atoms with Gasteiger partial charge in [0.25, 0.3) is 0 Å². The molecule has 0 atom stereocenters. The van der Waals surface area contributed by atoms with Gasteiger partial charge < -0.3 is 10.2 Å². The van der Waals surface area contributed by atoms with Crippen LogP contribution in [0, 0.1) is 140 Å². The second-order valence-electron chi connectivity index (χ2n) is 18.7. The molecule has 0 aliphatic heterocycles. The molecule has 2 saturated carbocycles. The largest absolute Gasteiger partial charge is 0.507 e. The number of benzene rings is 2. The summed E-state index contributed by atoms with van der Waals surface area (Å²) in [6.07, 6.45) is 0. The predicted molar refractivity (Wildman–Crippen MR) is 220 cm³/mol. The molecule has 0 heterocycles. The van der Waals surface area contributed by atoms with E-state index in [1.807, 2.05) is 36.4 Å². The van der Waals surface area contributed by atoms with Gasteiger partial charge in [0, 0.05) is 80.8 Å². The fourth-order valence-corrected chi connectivity index (χ4v) is 6.32. The number of phenolic OH excluding ortho intramolecular Hbond substituents is 2. The van der Waals surface area contributed by atoms with Gasteiger partial charge in [-0.25, -0.2) is 0 Å². The minimum atomic E-state index is -0.00859. The van der Waals surface area contributed by atoms with Crippen LogP contribution in [0.2, 0.25) is 0 Å². The van der Waals surface area contributed by atoms with E-state index in [0.29, 0.717) is 11.5 Å². The summed E-state index contributed by atoms with van der Waals surface area (Å²) in [5.74, 6) is 15.6. The number of rotatable bonds is 0. The summed E-state index contributed by atoms with van der Waals surface area (Å²) in [7, 11) is 0. The summed E-state index contributed by atoms with van der Waals surface area (Å²) in [5, 5.41) is 20.5. The van der Waals surface area contributed by atoms with Gasteiger partial charge in [-0.3, -0.25) is 0 Å². The molecule has 0 saturated heterocycles. The van der Waals surface area contributed by atoms with Crippen molar-refractivity contribution in [2.45, 2.75) is 174 Å². The van der Waals surface area contributed by atoms with E-state index in [9.17, 15) is 10.2 Å². The van der Waals surface area contributed by atoms with Crippen LogP contribution in [-0.2, 0) is 21.7 Å². The number of aromatic hydroxyl groups is 2. The van der Waals surface area contributed by atoms with E-state index in [1.54, 1.807) is 0 Å². The van der Waals surface area contributed by atoms with Crippen LogP contribution in [0.15, 0.2) is 36.4 Å². The van der Waals surface area contributed by atoms with Gasteiger partial charge >= 0.3 is 0 Å². The first-order chi connectivity index (χ1) is 22.4. The van der Waals surface area contributed by atoms with Gasteiger partial charge in [0.2, 0.25) is 0 Å². The molecule has 2 N–H and O–H groups in total. The summed E-state index contributed by atoms with van der Waals surface area (Å²) in [5.41, 5.74) is 4.06. The van der Waals surface area contributed by atoms with Crippen LogP contribution in [0.5, 0.6) is 11.5 Å². The van der Waals surface area contributed by atoms with E-state index >= 15 is 0 Å². The molecular weight excluding hydrogens is 909 g/mol. The Bertz CT molecular complexity index is 1080. The van der Waals surface area contributed by atoms with E-state index < -0.39 is 0 Å². The number of hydrogen-bond donors (Lipinski definition) is 2. The van der Waals surface area contributed by atoms with E-state index in [4.69, 9.17) is 0 Å². The summed E-state index contributed by atoms with van der Waals surface area (Å²) < 4.78 is 0. The Labute approximate surface area is 389 Å². The molecule has 290 valence electrons. The normalized spacial score (nSPS) is 18.4. The Hall–Kier alpha value is 0.715. The first-order valence-electron chi connectivity index (χ1n) is 18.4. The molecule has 2 aromatic rings. The Kier molecular flexibility index (Phi) is 22.6. The maximum Gasteiger partial charge on any atom is 0.123 e. The van der Waals surface area contributed by atoms with Crippen LogP contribution in [0.4, 0.5) is 0 Å².